The molecular formula is C31H20N2S. The minimum absolute atomic E-state index is 0.833. The lowest BCUT2D eigenvalue weighted by Crippen LogP contribution is -1.98. The standard InChI is InChI=1S/C31H20N2S/c1-2-16-29-24(9-1)30-22-12-7-10-20(27-14-3-5-17-32-27)25(22)19-26-21(28-15-4-6-18-33-28)11-8-13-23(26)31(30)34-29/h1-18H,19H2. The Balaban J connectivity index is 1.61. The lowest BCUT2D eigenvalue weighted by atomic mass is 9.89. The topological polar surface area (TPSA) is 25.8 Å². The first kappa shape index (κ1) is 19.4. The second-order valence-electron chi connectivity index (χ2n) is 8.57. The lowest BCUT2D eigenvalue weighted by Gasteiger charge is -2.15. The van der Waals surface area contributed by atoms with Crippen molar-refractivity contribution in [2.45, 2.75) is 6.42 Å². The molecule has 3 heteroatoms. The van der Waals surface area contributed by atoms with Crippen molar-refractivity contribution in [2.24, 2.45) is 0 Å². The first-order valence-electron chi connectivity index (χ1n) is 11.5. The molecule has 0 saturated carbocycles. The van der Waals surface area contributed by atoms with Gasteiger partial charge < -0.3 is 0 Å². The molecule has 0 saturated heterocycles. The molecular weight excluding hydrogens is 432 g/mol. The predicted octanol–water partition coefficient (Wildman–Crippen LogP) is 8.26. The highest BCUT2D eigenvalue weighted by Gasteiger charge is 2.27. The van der Waals surface area contributed by atoms with E-state index in [-0.39, 0.29) is 0 Å². The summed E-state index contributed by atoms with van der Waals surface area (Å²) >= 11 is 1.89. The van der Waals surface area contributed by atoms with Gasteiger partial charge in [0.05, 0.1) is 11.4 Å². The zero-order chi connectivity index (χ0) is 22.5. The number of fused-ring (bicyclic) bond motifs is 7. The average molecular weight is 453 g/mol. The van der Waals surface area contributed by atoms with Gasteiger partial charge in [-0.3, -0.25) is 9.97 Å². The number of rotatable bonds is 2. The Hall–Kier alpha value is -4.08. The first-order valence-corrected chi connectivity index (χ1v) is 12.3. The van der Waals surface area contributed by atoms with E-state index in [9.17, 15) is 0 Å². The first-order chi connectivity index (χ1) is 16.9. The Labute approximate surface area is 202 Å². The van der Waals surface area contributed by atoms with Gasteiger partial charge in [-0.2, -0.15) is 0 Å². The normalized spacial score (nSPS) is 12.0. The molecule has 0 aliphatic heterocycles. The monoisotopic (exact) mass is 452 g/mol. The lowest BCUT2D eigenvalue weighted by molar-refractivity contribution is 1.19. The van der Waals surface area contributed by atoms with Gasteiger partial charge in [0.25, 0.3) is 0 Å². The highest BCUT2D eigenvalue weighted by atomic mass is 32.1. The van der Waals surface area contributed by atoms with Gasteiger partial charge in [-0.1, -0.05) is 66.7 Å². The summed E-state index contributed by atoms with van der Waals surface area (Å²) < 4.78 is 1.32. The summed E-state index contributed by atoms with van der Waals surface area (Å²) in [6.45, 7) is 0. The molecule has 3 aromatic heterocycles. The van der Waals surface area contributed by atoms with Crippen LogP contribution in [0.1, 0.15) is 11.1 Å². The summed E-state index contributed by atoms with van der Waals surface area (Å²) in [5, 5.41) is 1.32. The number of thiophene rings is 1. The maximum Gasteiger partial charge on any atom is 0.0705 e. The van der Waals surface area contributed by atoms with Crippen molar-refractivity contribution in [2.75, 3.05) is 0 Å². The Morgan fingerprint density at radius 3 is 1.79 bits per heavy atom. The van der Waals surface area contributed by atoms with Gasteiger partial charge in [-0.25, -0.2) is 0 Å². The fourth-order valence-corrected chi connectivity index (χ4v) is 6.47. The molecule has 2 nitrogen and oxygen atoms in total. The van der Waals surface area contributed by atoms with Crippen molar-refractivity contribution in [3.05, 3.63) is 121 Å². The van der Waals surface area contributed by atoms with E-state index in [0.29, 0.717) is 0 Å². The van der Waals surface area contributed by atoms with Crippen LogP contribution in [0.2, 0.25) is 0 Å². The van der Waals surface area contributed by atoms with Gasteiger partial charge in [-0.15, -0.1) is 11.3 Å². The zero-order valence-corrected chi connectivity index (χ0v) is 19.2. The Kier molecular flexibility index (Phi) is 4.42. The van der Waals surface area contributed by atoms with Crippen molar-refractivity contribution in [1.29, 1.82) is 0 Å². The summed E-state index contributed by atoms with van der Waals surface area (Å²) in [6, 6.07) is 34.4. The largest absolute Gasteiger partial charge is 0.256 e. The van der Waals surface area contributed by atoms with Crippen LogP contribution in [0.4, 0.5) is 0 Å². The molecule has 0 spiro atoms. The SMILES string of the molecule is c1ccc(-c2cccc3c2Cc2c(-c4ccccn4)cccc2-c2c-3sc3ccccc23)nc1. The van der Waals surface area contributed by atoms with Crippen LogP contribution in [0.5, 0.6) is 0 Å². The third-order valence-corrected chi connectivity index (χ3v) is 7.90. The molecule has 3 heterocycles. The number of nitrogens with zero attached hydrogens (tertiary/aromatic N) is 2. The van der Waals surface area contributed by atoms with Crippen LogP contribution in [0.25, 0.3) is 54.2 Å². The van der Waals surface area contributed by atoms with Gasteiger partial charge in [0.1, 0.15) is 0 Å². The smallest absolute Gasteiger partial charge is 0.0705 e. The van der Waals surface area contributed by atoms with E-state index < -0.39 is 0 Å². The predicted molar refractivity (Wildman–Crippen MR) is 142 cm³/mol. The molecule has 0 fully saturated rings. The molecule has 1 aliphatic carbocycles. The molecule has 160 valence electrons. The second-order valence-corrected chi connectivity index (χ2v) is 9.62. The number of benzene rings is 3. The highest BCUT2D eigenvalue weighted by Crippen LogP contribution is 2.51. The third-order valence-electron chi connectivity index (χ3n) is 6.70. The van der Waals surface area contributed by atoms with Crippen LogP contribution in [0, 0.1) is 0 Å². The molecule has 0 amide bonds. The summed E-state index contributed by atoms with van der Waals surface area (Å²) in [4.78, 5) is 10.8. The Morgan fingerprint density at radius 2 is 1.12 bits per heavy atom. The highest BCUT2D eigenvalue weighted by molar-refractivity contribution is 7.23. The molecule has 7 rings (SSSR count). The zero-order valence-electron chi connectivity index (χ0n) is 18.4. The van der Waals surface area contributed by atoms with E-state index in [0.717, 1.165) is 17.8 Å². The maximum absolute atomic E-state index is 4.72. The van der Waals surface area contributed by atoms with Crippen LogP contribution in [0.15, 0.2) is 109 Å². The van der Waals surface area contributed by atoms with Gasteiger partial charge in [0, 0.05) is 50.5 Å². The van der Waals surface area contributed by atoms with E-state index in [2.05, 4.69) is 84.9 Å². The minimum Gasteiger partial charge on any atom is -0.256 e. The fourth-order valence-electron chi connectivity index (χ4n) is 5.20. The molecule has 0 atom stereocenters. The van der Waals surface area contributed by atoms with E-state index >= 15 is 0 Å². The van der Waals surface area contributed by atoms with E-state index in [4.69, 9.17) is 9.97 Å². The summed E-state index contributed by atoms with van der Waals surface area (Å²) in [5.74, 6) is 0. The van der Waals surface area contributed by atoms with Crippen LogP contribution >= 0.6 is 11.3 Å². The Bertz CT molecular complexity index is 1670. The quantitative estimate of drug-likeness (QED) is 0.264. The Morgan fingerprint density at radius 1 is 0.529 bits per heavy atom. The molecule has 1 aliphatic rings. The maximum atomic E-state index is 4.72. The van der Waals surface area contributed by atoms with Crippen LogP contribution < -0.4 is 0 Å². The van der Waals surface area contributed by atoms with Crippen molar-refractivity contribution in [1.82, 2.24) is 9.97 Å². The molecule has 6 aromatic rings. The number of hydrogen-bond acceptors (Lipinski definition) is 3. The van der Waals surface area contributed by atoms with Crippen molar-refractivity contribution in [3.63, 3.8) is 0 Å². The van der Waals surface area contributed by atoms with Crippen LogP contribution in [-0.4, -0.2) is 9.97 Å². The van der Waals surface area contributed by atoms with Crippen molar-refractivity contribution >= 4 is 21.4 Å². The number of hydrogen-bond donors (Lipinski definition) is 0. The summed E-state index contributed by atoms with van der Waals surface area (Å²) in [7, 11) is 0. The molecule has 0 radical (unpaired) electrons. The van der Waals surface area contributed by atoms with E-state index in [1.54, 1.807) is 0 Å². The van der Waals surface area contributed by atoms with Gasteiger partial charge in [-0.05, 0) is 52.6 Å². The minimum atomic E-state index is 0.833. The van der Waals surface area contributed by atoms with E-state index in [1.165, 1.54) is 53.9 Å². The number of aromatic nitrogens is 2. The average Bonchev–Trinajstić information content (AvgIpc) is 3.22. The molecule has 34 heavy (non-hydrogen) atoms. The molecule has 0 N–H and O–H groups in total. The van der Waals surface area contributed by atoms with Gasteiger partial charge in [0.2, 0.25) is 0 Å². The van der Waals surface area contributed by atoms with Gasteiger partial charge in [0.15, 0.2) is 0 Å². The van der Waals surface area contributed by atoms with Crippen molar-refractivity contribution < 1.29 is 0 Å². The molecule has 0 bridgehead atoms. The molecule has 3 aromatic carbocycles. The van der Waals surface area contributed by atoms with Crippen LogP contribution in [0.3, 0.4) is 0 Å². The fraction of sp³-hybridized carbons (Fsp3) is 0.0323. The van der Waals surface area contributed by atoms with E-state index in [1.807, 2.05) is 35.9 Å². The molecule has 0 unspecified atom stereocenters. The van der Waals surface area contributed by atoms with Gasteiger partial charge >= 0.3 is 0 Å². The third kappa shape index (κ3) is 2.94. The summed E-state index contributed by atoms with van der Waals surface area (Å²) in [5.41, 5.74) is 11.0. The van der Waals surface area contributed by atoms with Crippen LogP contribution in [-0.2, 0) is 6.42 Å². The number of pyridine rings is 2. The van der Waals surface area contributed by atoms with Crippen molar-refractivity contribution in [3.8, 4) is 44.1 Å². The second kappa shape index (κ2) is 7.75. The summed E-state index contributed by atoms with van der Waals surface area (Å²) in [6.07, 6.45) is 4.59.